The highest BCUT2D eigenvalue weighted by atomic mass is 32.2. The number of carbonyl (C=O) groups excluding carboxylic acids is 2. The van der Waals surface area contributed by atoms with Crippen LogP contribution in [0.25, 0.3) is 11.5 Å². The zero-order valence-corrected chi connectivity index (χ0v) is 16.6. The van der Waals surface area contributed by atoms with Gasteiger partial charge in [-0.15, -0.1) is 10.2 Å². The quantitative estimate of drug-likeness (QED) is 0.602. The first-order valence-electron chi connectivity index (χ1n) is 8.35. The van der Waals surface area contributed by atoms with Gasteiger partial charge in [-0.1, -0.05) is 23.9 Å². The zero-order valence-electron chi connectivity index (χ0n) is 15.8. The second-order valence-corrected chi connectivity index (χ2v) is 7.03. The molecule has 0 saturated carbocycles. The van der Waals surface area contributed by atoms with E-state index in [2.05, 4.69) is 35.8 Å². The molecule has 2 N–H and O–H groups in total. The maximum atomic E-state index is 12.3. The molecule has 0 unspecified atom stereocenters. The smallest absolute Gasteiger partial charge is 0.234 e. The SMILES string of the molecule is CC(=O)Nc1nonc1-c1nnc(SCC(=O)Nc2cccc(C)c2C)n1C. The lowest BCUT2D eigenvalue weighted by Crippen LogP contribution is -2.15. The number of anilines is 2. The maximum absolute atomic E-state index is 12.3. The van der Waals surface area contributed by atoms with Gasteiger partial charge < -0.3 is 15.2 Å². The van der Waals surface area contributed by atoms with Crippen LogP contribution in [0.1, 0.15) is 18.1 Å². The minimum absolute atomic E-state index is 0.148. The number of rotatable bonds is 6. The summed E-state index contributed by atoms with van der Waals surface area (Å²) < 4.78 is 6.34. The topological polar surface area (TPSA) is 128 Å². The van der Waals surface area contributed by atoms with Crippen molar-refractivity contribution in [1.82, 2.24) is 25.1 Å². The zero-order chi connectivity index (χ0) is 20.3. The van der Waals surface area contributed by atoms with E-state index >= 15 is 0 Å². The molecule has 11 heteroatoms. The molecule has 1 aromatic carbocycles. The summed E-state index contributed by atoms with van der Waals surface area (Å²) in [7, 11) is 1.73. The molecule has 0 aliphatic carbocycles. The van der Waals surface area contributed by atoms with E-state index in [0.717, 1.165) is 16.8 Å². The van der Waals surface area contributed by atoms with Crippen LogP contribution < -0.4 is 10.6 Å². The highest BCUT2D eigenvalue weighted by molar-refractivity contribution is 7.99. The first-order chi connectivity index (χ1) is 13.4. The van der Waals surface area contributed by atoms with Crippen LogP contribution in [0.2, 0.25) is 0 Å². The van der Waals surface area contributed by atoms with E-state index < -0.39 is 0 Å². The molecule has 0 saturated heterocycles. The van der Waals surface area contributed by atoms with Crippen molar-refractivity contribution >= 4 is 35.1 Å². The summed E-state index contributed by atoms with van der Waals surface area (Å²) in [6.45, 7) is 5.31. The van der Waals surface area contributed by atoms with Crippen molar-refractivity contribution in [3.8, 4) is 11.5 Å². The Morgan fingerprint density at radius 3 is 2.71 bits per heavy atom. The van der Waals surface area contributed by atoms with Crippen molar-refractivity contribution in [1.29, 1.82) is 0 Å². The lowest BCUT2D eigenvalue weighted by atomic mass is 10.1. The lowest BCUT2D eigenvalue weighted by Gasteiger charge is -2.10. The average Bonchev–Trinajstić information content (AvgIpc) is 3.23. The Balaban J connectivity index is 1.68. The van der Waals surface area contributed by atoms with Gasteiger partial charge in [-0.3, -0.25) is 9.59 Å². The van der Waals surface area contributed by atoms with E-state index in [1.807, 2.05) is 32.0 Å². The fraction of sp³-hybridized carbons (Fsp3) is 0.294. The summed E-state index contributed by atoms with van der Waals surface area (Å²) in [6.07, 6.45) is 0. The fourth-order valence-electron chi connectivity index (χ4n) is 2.43. The molecule has 0 aliphatic rings. The Morgan fingerprint density at radius 1 is 1.18 bits per heavy atom. The average molecular weight is 401 g/mol. The van der Waals surface area contributed by atoms with Gasteiger partial charge in [0.1, 0.15) is 0 Å². The van der Waals surface area contributed by atoms with Gasteiger partial charge in [0.05, 0.1) is 5.75 Å². The molecule has 3 rings (SSSR count). The van der Waals surface area contributed by atoms with Crippen LogP contribution >= 0.6 is 11.8 Å². The van der Waals surface area contributed by atoms with Crippen molar-refractivity contribution < 1.29 is 14.2 Å². The molecule has 2 heterocycles. The van der Waals surface area contributed by atoms with Crippen molar-refractivity contribution in [3.05, 3.63) is 29.3 Å². The Kier molecular flexibility index (Phi) is 5.73. The van der Waals surface area contributed by atoms with Crippen LogP contribution in [0.5, 0.6) is 0 Å². The molecule has 2 amide bonds. The second-order valence-electron chi connectivity index (χ2n) is 6.09. The minimum atomic E-state index is -0.308. The molecule has 0 bridgehead atoms. The Labute approximate surface area is 165 Å². The van der Waals surface area contributed by atoms with Gasteiger partial charge >= 0.3 is 0 Å². The Bertz CT molecular complexity index is 1030. The number of nitrogens with zero attached hydrogens (tertiary/aromatic N) is 5. The van der Waals surface area contributed by atoms with Crippen LogP contribution in [-0.2, 0) is 16.6 Å². The standard InChI is InChI=1S/C17H19N7O3S/c1-9-6-5-7-12(10(9)2)19-13(26)8-28-17-21-20-16(24(17)4)14-15(18-11(3)25)23-27-22-14/h5-7H,8H2,1-4H3,(H,19,26)(H,18,23,25). The van der Waals surface area contributed by atoms with Gasteiger partial charge in [0.25, 0.3) is 0 Å². The number of aromatic nitrogens is 5. The summed E-state index contributed by atoms with van der Waals surface area (Å²) in [5, 5.41) is 21.5. The highest BCUT2D eigenvalue weighted by Gasteiger charge is 2.21. The van der Waals surface area contributed by atoms with Gasteiger partial charge in [0.2, 0.25) is 17.6 Å². The molecule has 28 heavy (non-hydrogen) atoms. The van der Waals surface area contributed by atoms with E-state index in [0.29, 0.717) is 11.0 Å². The normalized spacial score (nSPS) is 10.7. The number of carbonyl (C=O) groups is 2. The van der Waals surface area contributed by atoms with Crippen LogP contribution in [-0.4, -0.2) is 42.6 Å². The lowest BCUT2D eigenvalue weighted by molar-refractivity contribution is -0.114. The van der Waals surface area contributed by atoms with Crippen molar-refractivity contribution in [2.75, 3.05) is 16.4 Å². The van der Waals surface area contributed by atoms with Gasteiger partial charge in [-0.2, -0.15) is 0 Å². The predicted molar refractivity (Wildman–Crippen MR) is 104 cm³/mol. The maximum Gasteiger partial charge on any atom is 0.234 e. The molecule has 0 atom stereocenters. The third-order valence-electron chi connectivity index (χ3n) is 4.04. The van der Waals surface area contributed by atoms with E-state index in [-0.39, 0.29) is 29.1 Å². The molecule has 2 aromatic heterocycles. The van der Waals surface area contributed by atoms with Gasteiger partial charge in [0.15, 0.2) is 16.7 Å². The third kappa shape index (κ3) is 4.19. The van der Waals surface area contributed by atoms with Gasteiger partial charge in [-0.05, 0) is 41.4 Å². The number of hydrogen-bond donors (Lipinski definition) is 2. The van der Waals surface area contributed by atoms with Crippen LogP contribution in [0.15, 0.2) is 28.0 Å². The summed E-state index contributed by atoms with van der Waals surface area (Å²) in [5.41, 5.74) is 3.19. The molecule has 0 aliphatic heterocycles. The summed E-state index contributed by atoms with van der Waals surface area (Å²) in [6, 6.07) is 5.76. The van der Waals surface area contributed by atoms with Crippen LogP contribution in [0, 0.1) is 13.8 Å². The van der Waals surface area contributed by atoms with E-state index in [9.17, 15) is 9.59 Å². The molecular weight excluding hydrogens is 382 g/mol. The number of hydrogen-bond acceptors (Lipinski definition) is 8. The molecule has 0 spiro atoms. The largest absolute Gasteiger partial charge is 0.325 e. The first kappa shape index (κ1) is 19.5. The molecule has 146 valence electrons. The predicted octanol–water partition coefficient (Wildman–Crippen LogP) is 2.17. The monoisotopic (exact) mass is 401 g/mol. The Morgan fingerprint density at radius 2 is 1.96 bits per heavy atom. The summed E-state index contributed by atoms with van der Waals surface area (Å²) in [5.74, 6) is 0.228. The fourth-order valence-corrected chi connectivity index (χ4v) is 3.14. The number of aryl methyl sites for hydroxylation is 1. The van der Waals surface area contributed by atoms with Crippen LogP contribution in [0.4, 0.5) is 11.5 Å². The van der Waals surface area contributed by atoms with Gasteiger partial charge in [-0.25, -0.2) is 4.63 Å². The molecule has 0 radical (unpaired) electrons. The number of amides is 2. The summed E-state index contributed by atoms with van der Waals surface area (Å²) in [4.78, 5) is 23.5. The second kappa shape index (κ2) is 8.21. The number of nitrogens with one attached hydrogen (secondary N) is 2. The van der Waals surface area contributed by atoms with Crippen molar-refractivity contribution in [2.24, 2.45) is 7.05 Å². The molecule has 0 fully saturated rings. The van der Waals surface area contributed by atoms with E-state index in [4.69, 9.17) is 0 Å². The highest BCUT2D eigenvalue weighted by Crippen LogP contribution is 2.26. The van der Waals surface area contributed by atoms with Crippen molar-refractivity contribution in [2.45, 2.75) is 25.9 Å². The number of thioether (sulfide) groups is 1. The van der Waals surface area contributed by atoms with Crippen LogP contribution in [0.3, 0.4) is 0 Å². The van der Waals surface area contributed by atoms with E-state index in [1.165, 1.54) is 18.7 Å². The van der Waals surface area contributed by atoms with Gasteiger partial charge in [0, 0.05) is 19.7 Å². The van der Waals surface area contributed by atoms with E-state index in [1.54, 1.807) is 11.6 Å². The third-order valence-corrected chi connectivity index (χ3v) is 5.06. The molecular formula is C17H19N7O3S. The summed E-state index contributed by atoms with van der Waals surface area (Å²) >= 11 is 1.23. The number of benzene rings is 1. The Hall–Kier alpha value is -3.21. The van der Waals surface area contributed by atoms with Crippen molar-refractivity contribution in [3.63, 3.8) is 0 Å². The molecule has 10 nitrogen and oxygen atoms in total. The first-order valence-corrected chi connectivity index (χ1v) is 9.34. The minimum Gasteiger partial charge on any atom is -0.325 e. The molecule has 3 aromatic rings.